The number of piperidine rings is 1. The molecule has 0 aliphatic carbocycles. The third-order valence-electron chi connectivity index (χ3n) is 3.79. The Balaban J connectivity index is 1.62. The lowest BCUT2D eigenvalue weighted by Gasteiger charge is -2.34. The minimum absolute atomic E-state index is 0.206. The van der Waals surface area contributed by atoms with Crippen LogP contribution in [0.3, 0.4) is 0 Å². The molecule has 0 unspecified atom stereocenters. The maximum atomic E-state index is 12.1. The molecule has 1 aliphatic rings. The van der Waals surface area contributed by atoms with Crippen molar-refractivity contribution in [1.29, 1.82) is 0 Å². The Kier molecular flexibility index (Phi) is 6.45. The molecule has 23 heavy (non-hydrogen) atoms. The van der Waals surface area contributed by atoms with E-state index in [0.717, 1.165) is 45.5 Å². The minimum Gasteiger partial charge on any atom is -0.444 e. The first-order valence-electron chi connectivity index (χ1n) is 8.45. The van der Waals surface area contributed by atoms with Crippen LogP contribution in [-0.2, 0) is 16.0 Å². The number of hydrogen-bond donors (Lipinski definition) is 0. The molecule has 0 radical (unpaired) electrons. The second-order valence-electron chi connectivity index (χ2n) is 7.16. The number of ether oxygens (including phenoxy) is 2. The fraction of sp³-hybridized carbons (Fsp3) is 0.765. The maximum Gasteiger partial charge on any atom is 0.410 e. The highest BCUT2D eigenvalue weighted by Gasteiger charge is 2.27. The SMILES string of the molecule is CC(C)(C)OC(=O)N1CCC[C@H](COCCCn2ccnc2)C1. The number of carbonyl (C=O) groups excluding carboxylic acids is 1. The number of hydrogen-bond acceptors (Lipinski definition) is 4. The first-order chi connectivity index (χ1) is 10.9. The normalized spacial score (nSPS) is 18.9. The van der Waals surface area contributed by atoms with E-state index < -0.39 is 5.60 Å². The highest BCUT2D eigenvalue weighted by molar-refractivity contribution is 5.68. The van der Waals surface area contributed by atoms with E-state index in [1.807, 2.05) is 42.8 Å². The van der Waals surface area contributed by atoms with Gasteiger partial charge in [-0.1, -0.05) is 0 Å². The molecule has 1 aliphatic heterocycles. The summed E-state index contributed by atoms with van der Waals surface area (Å²) in [6.07, 6.45) is 8.46. The molecule has 6 nitrogen and oxygen atoms in total. The van der Waals surface area contributed by atoms with Crippen molar-refractivity contribution in [2.75, 3.05) is 26.3 Å². The van der Waals surface area contributed by atoms with Crippen LogP contribution in [0.4, 0.5) is 4.79 Å². The molecule has 1 aromatic heterocycles. The van der Waals surface area contributed by atoms with Crippen molar-refractivity contribution in [2.24, 2.45) is 5.92 Å². The van der Waals surface area contributed by atoms with Crippen molar-refractivity contribution in [2.45, 2.75) is 52.2 Å². The van der Waals surface area contributed by atoms with Crippen LogP contribution in [0.25, 0.3) is 0 Å². The Bertz CT molecular complexity index is 468. The molecule has 130 valence electrons. The topological polar surface area (TPSA) is 56.6 Å². The highest BCUT2D eigenvalue weighted by Crippen LogP contribution is 2.19. The van der Waals surface area contributed by atoms with Crippen molar-refractivity contribution in [3.63, 3.8) is 0 Å². The lowest BCUT2D eigenvalue weighted by molar-refractivity contribution is 0.00723. The van der Waals surface area contributed by atoms with E-state index in [2.05, 4.69) is 4.98 Å². The average Bonchev–Trinajstić information content (AvgIpc) is 2.99. The molecule has 0 bridgehead atoms. The van der Waals surface area contributed by atoms with Crippen LogP contribution in [-0.4, -0.2) is 52.4 Å². The molecular formula is C17H29N3O3. The van der Waals surface area contributed by atoms with Crippen LogP contribution < -0.4 is 0 Å². The molecule has 0 saturated carbocycles. The smallest absolute Gasteiger partial charge is 0.410 e. The van der Waals surface area contributed by atoms with Crippen molar-refractivity contribution < 1.29 is 14.3 Å². The summed E-state index contributed by atoms with van der Waals surface area (Å²) in [5, 5.41) is 0. The van der Waals surface area contributed by atoms with Crippen LogP contribution in [0.2, 0.25) is 0 Å². The van der Waals surface area contributed by atoms with Crippen molar-refractivity contribution in [1.82, 2.24) is 14.5 Å². The summed E-state index contributed by atoms with van der Waals surface area (Å²) in [5.41, 5.74) is -0.437. The van der Waals surface area contributed by atoms with Gasteiger partial charge in [0.15, 0.2) is 0 Å². The third kappa shape index (κ3) is 6.60. The predicted molar refractivity (Wildman–Crippen MR) is 88.2 cm³/mol. The Morgan fingerprint density at radius 2 is 2.22 bits per heavy atom. The third-order valence-corrected chi connectivity index (χ3v) is 3.79. The molecule has 0 spiro atoms. The summed E-state index contributed by atoms with van der Waals surface area (Å²) >= 11 is 0. The Morgan fingerprint density at radius 3 is 2.91 bits per heavy atom. The number of aromatic nitrogens is 2. The van der Waals surface area contributed by atoms with Crippen LogP contribution in [0.1, 0.15) is 40.0 Å². The van der Waals surface area contributed by atoms with Gasteiger partial charge in [-0.15, -0.1) is 0 Å². The summed E-state index contributed by atoms with van der Waals surface area (Å²) in [5.74, 6) is 0.407. The first kappa shape index (κ1) is 17.8. The van der Waals surface area contributed by atoms with Gasteiger partial charge < -0.3 is 18.9 Å². The van der Waals surface area contributed by atoms with Crippen LogP contribution >= 0.6 is 0 Å². The number of amides is 1. The summed E-state index contributed by atoms with van der Waals surface area (Å²) in [6, 6.07) is 0. The largest absolute Gasteiger partial charge is 0.444 e. The number of rotatable bonds is 6. The van der Waals surface area contributed by atoms with E-state index in [-0.39, 0.29) is 6.09 Å². The Hall–Kier alpha value is -1.56. The van der Waals surface area contributed by atoms with Crippen molar-refractivity contribution in [3.05, 3.63) is 18.7 Å². The van der Waals surface area contributed by atoms with Gasteiger partial charge in [0, 0.05) is 44.6 Å². The van der Waals surface area contributed by atoms with E-state index in [1.54, 1.807) is 6.20 Å². The van der Waals surface area contributed by atoms with Gasteiger partial charge in [-0.25, -0.2) is 9.78 Å². The molecule has 2 rings (SSSR count). The molecule has 1 saturated heterocycles. The average molecular weight is 323 g/mol. The van der Waals surface area contributed by atoms with Gasteiger partial charge in [-0.05, 0) is 40.0 Å². The Morgan fingerprint density at radius 1 is 1.39 bits per heavy atom. The molecule has 6 heteroatoms. The van der Waals surface area contributed by atoms with Gasteiger partial charge in [0.1, 0.15) is 5.60 Å². The van der Waals surface area contributed by atoms with Gasteiger partial charge in [0.25, 0.3) is 0 Å². The zero-order chi connectivity index (χ0) is 16.7. The quantitative estimate of drug-likeness (QED) is 0.755. The van der Waals surface area contributed by atoms with Crippen LogP contribution in [0.15, 0.2) is 18.7 Å². The van der Waals surface area contributed by atoms with Crippen molar-refractivity contribution in [3.8, 4) is 0 Å². The molecule has 1 fully saturated rings. The lowest BCUT2D eigenvalue weighted by atomic mass is 9.99. The fourth-order valence-electron chi connectivity index (χ4n) is 2.71. The summed E-state index contributed by atoms with van der Waals surface area (Å²) in [6.45, 7) is 9.59. The molecule has 1 amide bonds. The highest BCUT2D eigenvalue weighted by atomic mass is 16.6. The van der Waals surface area contributed by atoms with Gasteiger partial charge in [0.05, 0.1) is 12.9 Å². The van der Waals surface area contributed by atoms with E-state index in [9.17, 15) is 4.79 Å². The fourth-order valence-corrected chi connectivity index (χ4v) is 2.71. The van der Waals surface area contributed by atoms with Gasteiger partial charge >= 0.3 is 6.09 Å². The van der Waals surface area contributed by atoms with Crippen molar-refractivity contribution >= 4 is 6.09 Å². The van der Waals surface area contributed by atoms with Crippen LogP contribution in [0.5, 0.6) is 0 Å². The standard InChI is InChI=1S/C17H29N3O3/c1-17(2,3)23-16(21)20-9-4-6-15(12-20)13-22-11-5-8-19-10-7-18-14-19/h7,10,14-15H,4-6,8-9,11-13H2,1-3H3/t15-/m0/s1. The molecule has 1 aromatic rings. The molecule has 0 N–H and O–H groups in total. The lowest BCUT2D eigenvalue weighted by Crippen LogP contribution is -2.43. The van der Waals surface area contributed by atoms with Gasteiger partial charge in [-0.3, -0.25) is 0 Å². The molecule has 2 heterocycles. The molecule has 1 atom stereocenters. The maximum absolute atomic E-state index is 12.1. The summed E-state index contributed by atoms with van der Waals surface area (Å²) in [4.78, 5) is 18.0. The number of aryl methyl sites for hydroxylation is 1. The number of nitrogens with zero attached hydrogens (tertiary/aromatic N) is 3. The summed E-state index contributed by atoms with van der Waals surface area (Å²) in [7, 11) is 0. The Labute approximate surface area is 138 Å². The van der Waals surface area contributed by atoms with E-state index >= 15 is 0 Å². The van der Waals surface area contributed by atoms with Gasteiger partial charge in [-0.2, -0.15) is 0 Å². The monoisotopic (exact) mass is 323 g/mol. The number of carbonyl (C=O) groups is 1. The molecular weight excluding hydrogens is 294 g/mol. The van der Waals surface area contributed by atoms with E-state index in [4.69, 9.17) is 9.47 Å². The minimum atomic E-state index is -0.437. The molecule has 0 aromatic carbocycles. The predicted octanol–water partition coefficient (Wildman–Crippen LogP) is 2.94. The zero-order valence-electron chi connectivity index (χ0n) is 14.5. The van der Waals surface area contributed by atoms with E-state index in [0.29, 0.717) is 12.5 Å². The van der Waals surface area contributed by atoms with Crippen LogP contribution in [0, 0.1) is 5.92 Å². The van der Waals surface area contributed by atoms with Gasteiger partial charge in [0.2, 0.25) is 0 Å². The second kappa shape index (κ2) is 8.34. The summed E-state index contributed by atoms with van der Waals surface area (Å²) < 4.78 is 13.3. The number of imidazole rings is 1. The number of likely N-dealkylation sites (tertiary alicyclic amines) is 1. The second-order valence-corrected chi connectivity index (χ2v) is 7.16. The zero-order valence-corrected chi connectivity index (χ0v) is 14.5. The van der Waals surface area contributed by atoms with E-state index in [1.165, 1.54) is 0 Å². The first-order valence-corrected chi connectivity index (χ1v) is 8.45.